The minimum atomic E-state index is -5.63. The van der Waals surface area contributed by atoms with Gasteiger partial charge in [0.05, 0.1) is 0 Å². The summed E-state index contributed by atoms with van der Waals surface area (Å²) in [7, 11) is 0. The van der Waals surface area contributed by atoms with Gasteiger partial charge in [-0.2, -0.15) is 26.3 Å². The van der Waals surface area contributed by atoms with Crippen LogP contribution in [-0.4, -0.2) is 17.8 Å². The van der Waals surface area contributed by atoms with E-state index < -0.39 is 28.9 Å². The van der Waals surface area contributed by atoms with E-state index in [9.17, 15) is 0 Å². The zero-order chi connectivity index (χ0) is 34.9. The molecule has 0 spiro atoms. The van der Waals surface area contributed by atoms with Gasteiger partial charge < -0.3 is 0 Å². The fraction of sp³-hybridized carbons (Fsp3) is 0.231. The van der Waals surface area contributed by atoms with Crippen LogP contribution in [0.25, 0.3) is 51.5 Å². The number of hydrogen-bond acceptors (Lipinski definition) is 4. The lowest BCUT2D eigenvalue weighted by Gasteiger charge is -2.26. The van der Waals surface area contributed by atoms with Gasteiger partial charge in [-0.3, -0.25) is 0 Å². The van der Waals surface area contributed by atoms with Gasteiger partial charge in [0.1, 0.15) is 0 Å². The Labute approximate surface area is 297 Å². The number of rotatable bonds is 8. The third kappa shape index (κ3) is 5.55. The molecular formula is C39H30F6S4. The Bertz CT molecular complexity index is 2010. The molecule has 0 radical (unpaired) electrons. The second kappa shape index (κ2) is 12.4. The molecule has 6 aromatic rings. The third-order valence-electron chi connectivity index (χ3n) is 8.59. The molecule has 0 saturated carbocycles. The predicted octanol–water partition coefficient (Wildman–Crippen LogP) is 14.7. The van der Waals surface area contributed by atoms with Crippen LogP contribution in [0.4, 0.5) is 26.3 Å². The maximum atomic E-state index is 16.2. The van der Waals surface area contributed by atoms with Gasteiger partial charge >= 0.3 is 17.8 Å². The molecule has 4 aromatic heterocycles. The molecule has 1 aliphatic carbocycles. The molecule has 10 heteroatoms. The highest BCUT2D eigenvalue weighted by Gasteiger charge is 2.80. The summed E-state index contributed by atoms with van der Waals surface area (Å²) < 4.78 is 95.7. The molecule has 2 aromatic carbocycles. The Morgan fingerprint density at radius 3 is 1.12 bits per heavy atom. The van der Waals surface area contributed by atoms with Crippen molar-refractivity contribution in [3.05, 3.63) is 118 Å². The molecule has 252 valence electrons. The van der Waals surface area contributed by atoms with Crippen LogP contribution in [0.2, 0.25) is 0 Å². The minimum absolute atomic E-state index is 0.244. The molecule has 0 atom stereocenters. The fourth-order valence-corrected chi connectivity index (χ4v) is 10.7. The summed E-state index contributed by atoms with van der Waals surface area (Å²) in [6, 6.07) is 29.6. The molecule has 4 heterocycles. The molecule has 0 fully saturated rings. The minimum Gasteiger partial charge on any atom is -0.194 e. The summed E-state index contributed by atoms with van der Waals surface area (Å²) in [6.07, 6.45) is 0. The lowest BCUT2D eigenvalue weighted by atomic mass is 9.91. The lowest BCUT2D eigenvalue weighted by Crippen LogP contribution is -2.49. The van der Waals surface area contributed by atoms with Gasteiger partial charge in [0.15, 0.2) is 0 Å². The molecule has 0 N–H and O–H groups in total. The Balaban J connectivity index is 1.43. The number of hydrogen-bond donors (Lipinski definition) is 0. The second-order valence-corrected chi connectivity index (χ2v) is 17.0. The van der Waals surface area contributed by atoms with Gasteiger partial charge in [-0.05, 0) is 70.5 Å². The number of alkyl halides is 6. The number of benzene rings is 2. The van der Waals surface area contributed by atoms with Gasteiger partial charge in [-0.15, -0.1) is 45.3 Å². The standard InChI is InChI=1S/C39H30F6S4/c1-21(2)35-25(19-31(48-35)29-17-15-27(46-29)23-11-7-5-8-12-23)33-34(38(42,43)39(44,45)37(33,40)41)26-20-32(49-36(26)22(3)4)30-18-16-28(47-30)24-13-9-6-10-14-24/h5-22H,1-4H3. The first-order valence-electron chi connectivity index (χ1n) is 15.7. The van der Waals surface area contributed by atoms with E-state index in [2.05, 4.69) is 0 Å². The van der Waals surface area contributed by atoms with Crippen LogP contribution < -0.4 is 0 Å². The van der Waals surface area contributed by atoms with E-state index in [1.54, 1.807) is 27.7 Å². The normalized spacial score (nSPS) is 16.7. The average molecular weight is 741 g/mol. The summed E-state index contributed by atoms with van der Waals surface area (Å²) in [5.74, 6) is -16.7. The average Bonchev–Trinajstić information content (AvgIpc) is 3.90. The largest absolute Gasteiger partial charge is 0.380 e. The van der Waals surface area contributed by atoms with Crippen molar-refractivity contribution in [3.8, 4) is 40.4 Å². The second-order valence-electron chi connectivity index (χ2n) is 12.6. The van der Waals surface area contributed by atoms with Crippen molar-refractivity contribution < 1.29 is 26.3 Å². The smallest absolute Gasteiger partial charge is 0.194 e. The van der Waals surface area contributed by atoms with Crippen LogP contribution in [0.15, 0.2) is 97.1 Å². The van der Waals surface area contributed by atoms with E-state index in [1.807, 2.05) is 84.9 Å². The molecule has 7 rings (SSSR count). The lowest BCUT2D eigenvalue weighted by molar-refractivity contribution is -0.254. The Morgan fingerprint density at radius 1 is 0.429 bits per heavy atom. The topological polar surface area (TPSA) is 0 Å². The molecule has 0 aliphatic heterocycles. The zero-order valence-electron chi connectivity index (χ0n) is 26.8. The van der Waals surface area contributed by atoms with E-state index in [0.29, 0.717) is 19.5 Å². The van der Waals surface area contributed by atoms with Gasteiger partial charge in [-0.1, -0.05) is 88.4 Å². The molecular weight excluding hydrogens is 711 g/mol. The predicted molar refractivity (Wildman–Crippen MR) is 196 cm³/mol. The van der Waals surface area contributed by atoms with Crippen molar-refractivity contribution in [2.75, 3.05) is 0 Å². The summed E-state index contributed by atoms with van der Waals surface area (Å²) in [5.41, 5.74) is -1.10. The third-order valence-corrected chi connectivity index (χ3v) is 14.1. The molecule has 0 saturated heterocycles. The van der Waals surface area contributed by atoms with E-state index in [-0.39, 0.29) is 23.0 Å². The van der Waals surface area contributed by atoms with Crippen molar-refractivity contribution in [1.82, 2.24) is 0 Å². The molecule has 0 nitrogen and oxygen atoms in total. The summed E-state index contributed by atoms with van der Waals surface area (Å²) >= 11 is 5.24. The van der Waals surface area contributed by atoms with Gasteiger partial charge in [0, 0.05) is 50.2 Å². The van der Waals surface area contributed by atoms with E-state index >= 15 is 26.3 Å². The van der Waals surface area contributed by atoms with Crippen LogP contribution in [0.3, 0.4) is 0 Å². The van der Waals surface area contributed by atoms with Crippen LogP contribution in [0.1, 0.15) is 60.4 Å². The van der Waals surface area contributed by atoms with Crippen molar-refractivity contribution in [2.45, 2.75) is 57.3 Å². The van der Waals surface area contributed by atoms with Crippen molar-refractivity contribution >= 4 is 56.5 Å². The highest BCUT2D eigenvalue weighted by molar-refractivity contribution is 7.24. The molecule has 49 heavy (non-hydrogen) atoms. The number of allylic oxidation sites excluding steroid dienone is 2. The number of thiophene rings is 4. The SMILES string of the molecule is CC(C)c1sc(-c2ccc(-c3ccccc3)s2)cc1C1=C(c2cc(-c3ccc(-c4ccccc4)s3)sc2C(C)C)C(F)(F)C(F)(F)C1(F)F. The Hall–Kier alpha value is -3.44. The zero-order valence-corrected chi connectivity index (χ0v) is 30.1. The van der Waals surface area contributed by atoms with Gasteiger partial charge in [0.25, 0.3) is 0 Å². The highest BCUT2D eigenvalue weighted by Crippen LogP contribution is 2.67. The maximum Gasteiger partial charge on any atom is 0.380 e. The Kier molecular flexibility index (Phi) is 8.61. The first-order valence-corrected chi connectivity index (χ1v) is 19.0. The molecule has 0 amide bonds. The summed E-state index contributed by atoms with van der Waals surface area (Å²) in [6.45, 7) is 7.04. The van der Waals surface area contributed by atoms with E-state index in [1.165, 1.54) is 57.5 Å². The van der Waals surface area contributed by atoms with E-state index in [4.69, 9.17) is 0 Å². The van der Waals surface area contributed by atoms with Crippen molar-refractivity contribution in [3.63, 3.8) is 0 Å². The van der Waals surface area contributed by atoms with Crippen molar-refractivity contribution in [2.24, 2.45) is 0 Å². The molecule has 0 unspecified atom stereocenters. The summed E-state index contributed by atoms with van der Waals surface area (Å²) in [5, 5.41) is 0. The summed E-state index contributed by atoms with van der Waals surface area (Å²) in [4.78, 5) is 5.21. The highest BCUT2D eigenvalue weighted by atomic mass is 32.1. The van der Waals surface area contributed by atoms with Crippen LogP contribution in [-0.2, 0) is 0 Å². The fourth-order valence-electron chi connectivity index (χ4n) is 6.19. The quantitative estimate of drug-likeness (QED) is 0.136. The van der Waals surface area contributed by atoms with Crippen molar-refractivity contribution in [1.29, 1.82) is 0 Å². The van der Waals surface area contributed by atoms with Crippen LogP contribution in [0, 0.1) is 0 Å². The van der Waals surface area contributed by atoms with Crippen LogP contribution in [0.5, 0.6) is 0 Å². The molecule has 1 aliphatic rings. The molecule has 0 bridgehead atoms. The van der Waals surface area contributed by atoms with E-state index in [0.717, 1.165) is 30.6 Å². The maximum absolute atomic E-state index is 16.2. The first-order chi connectivity index (χ1) is 23.2. The van der Waals surface area contributed by atoms with Gasteiger partial charge in [0.2, 0.25) is 0 Å². The Morgan fingerprint density at radius 2 is 0.776 bits per heavy atom. The van der Waals surface area contributed by atoms with Crippen LogP contribution >= 0.6 is 45.3 Å². The monoisotopic (exact) mass is 740 g/mol. The van der Waals surface area contributed by atoms with Gasteiger partial charge in [-0.25, -0.2) is 0 Å². The first kappa shape index (κ1) is 34.0. The number of halogens is 6.